The Hall–Kier alpha value is -0.590. The molecule has 0 spiro atoms. The van der Waals surface area contributed by atoms with Gasteiger partial charge in [-0.05, 0) is 23.8 Å². The van der Waals surface area contributed by atoms with E-state index in [1.165, 1.54) is 6.07 Å². The highest BCUT2D eigenvalue weighted by Gasteiger charge is 2.37. The predicted octanol–water partition coefficient (Wildman–Crippen LogP) is 2.22. The van der Waals surface area contributed by atoms with Gasteiger partial charge in [0, 0.05) is 4.47 Å². The minimum Gasteiger partial charge on any atom is -0.390 e. The lowest BCUT2D eigenvalue weighted by molar-refractivity contribution is -0.0712. The number of benzene rings is 1. The minimum absolute atomic E-state index is 0.0686. The number of hydrogen-bond donors (Lipinski definition) is 2. The van der Waals surface area contributed by atoms with E-state index in [2.05, 4.69) is 15.9 Å². The van der Waals surface area contributed by atoms with E-state index in [0.717, 1.165) is 12.1 Å². The second-order valence-corrected chi connectivity index (χ2v) is 4.02. The molecule has 0 heterocycles. The minimum atomic E-state index is -3.47. The Morgan fingerprint density at radius 2 is 2.00 bits per heavy atom. The van der Waals surface area contributed by atoms with Gasteiger partial charge in [0.1, 0.15) is 12.4 Å². The molecule has 0 saturated heterocycles. The zero-order valence-corrected chi connectivity index (χ0v) is 9.14. The standard InChI is InChI=1S/C9H9BrF3NO/c10-6-1-5(2-7(11)3-6)8(14)9(12,13)4-15/h1-3,8,15H,4,14H2/t8-/m0/s1. The largest absolute Gasteiger partial charge is 0.390 e. The molecule has 0 aromatic heterocycles. The highest BCUT2D eigenvalue weighted by molar-refractivity contribution is 9.10. The van der Waals surface area contributed by atoms with Crippen molar-refractivity contribution in [1.29, 1.82) is 0 Å². The van der Waals surface area contributed by atoms with E-state index in [9.17, 15) is 13.2 Å². The molecule has 0 aliphatic carbocycles. The topological polar surface area (TPSA) is 46.2 Å². The maximum atomic E-state index is 13.0. The molecule has 0 saturated carbocycles. The SMILES string of the molecule is N[C@@H](c1cc(F)cc(Br)c1)C(F)(F)CO. The van der Waals surface area contributed by atoms with Crippen LogP contribution in [0.4, 0.5) is 13.2 Å². The Balaban J connectivity index is 3.06. The van der Waals surface area contributed by atoms with Crippen molar-refractivity contribution in [2.24, 2.45) is 5.73 Å². The first-order chi connectivity index (χ1) is 6.86. The monoisotopic (exact) mass is 283 g/mol. The van der Waals surface area contributed by atoms with Crippen molar-refractivity contribution in [3.63, 3.8) is 0 Å². The Morgan fingerprint density at radius 3 is 2.47 bits per heavy atom. The van der Waals surface area contributed by atoms with Gasteiger partial charge in [-0.1, -0.05) is 15.9 Å². The molecule has 2 nitrogen and oxygen atoms in total. The van der Waals surface area contributed by atoms with Crippen molar-refractivity contribution < 1.29 is 18.3 Å². The number of alkyl halides is 2. The van der Waals surface area contributed by atoms with Gasteiger partial charge in [-0.15, -0.1) is 0 Å². The first kappa shape index (κ1) is 12.5. The maximum Gasteiger partial charge on any atom is 0.289 e. The average molecular weight is 284 g/mol. The lowest BCUT2D eigenvalue weighted by atomic mass is 10.0. The van der Waals surface area contributed by atoms with Gasteiger partial charge >= 0.3 is 0 Å². The molecule has 84 valence electrons. The van der Waals surface area contributed by atoms with Crippen LogP contribution in [0.25, 0.3) is 0 Å². The molecule has 0 fully saturated rings. The molecular weight excluding hydrogens is 275 g/mol. The summed E-state index contributed by atoms with van der Waals surface area (Å²) >= 11 is 2.97. The van der Waals surface area contributed by atoms with E-state index in [0.29, 0.717) is 4.47 Å². The number of hydrogen-bond acceptors (Lipinski definition) is 2. The summed E-state index contributed by atoms with van der Waals surface area (Å²) in [4.78, 5) is 0. The summed E-state index contributed by atoms with van der Waals surface area (Å²) in [5, 5.41) is 8.43. The van der Waals surface area contributed by atoms with E-state index in [-0.39, 0.29) is 5.56 Å². The second kappa shape index (κ2) is 4.51. The van der Waals surface area contributed by atoms with Crippen LogP contribution in [0.2, 0.25) is 0 Å². The molecule has 1 atom stereocenters. The summed E-state index contributed by atoms with van der Waals surface area (Å²) < 4.78 is 39.2. The molecule has 1 aromatic carbocycles. The first-order valence-corrected chi connectivity index (χ1v) is 4.86. The van der Waals surface area contributed by atoms with Crippen molar-refractivity contribution in [2.45, 2.75) is 12.0 Å². The summed E-state index contributed by atoms with van der Waals surface area (Å²) in [6.07, 6.45) is 0. The van der Waals surface area contributed by atoms with Crippen molar-refractivity contribution in [2.75, 3.05) is 6.61 Å². The number of rotatable bonds is 3. The van der Waals surface area contributed by atoms with Gasteiger partial charge in [-0.3, -0.25) is 0 Å². The van der Waals surface area contributed by atoms with Gasteiger partial charge in [0.25, 0.3) is 5.92 Å². The number of aliphatic hydroxyl groups excluding tert-OH is 1. The molecule has 3 N–H and O–H groups in total. The molecule has 0 aliphatic heterocycles. The van der Waals surface area contributed by atoms with Gasteiger partial charge in [0.2, 0.25) is 0 Å². The third kappa shape index (κ3) is 2.93. The van der Waals surface area contributed by atoms with Crippen LogP contribution in [0.3, 0.4) is 0 Å². The Kier molecular flexibility index (Phi) is 3.75. The van der Waals surface area contributed by atoms with E-state index >= 15 is 0 Å². The average Bonchev–Trinajstić information content (AvgIpc) is 2.15. The van der Waals surface area contributed by atoms with Crippen LogP contribution in [-0.2, 0) is 0 Å². The molecule has 15 heavy (non-hydrogen) atoms. The molecule has 1 aromatic rings. The zero-order valence-electron chi connectivity index (χ0n) is 7.55. The summed E-state index contributed by atoms with van der Waals surface area (Å²) in [7, 11) is 0. The smallest absolute Gasteiger partial charge is 0.289 e. The van der Waals surface area contributed by atoms with E-state index in [4.69, 9.17) is 10.8 Å². The molecule has 0 aliphatic rings. The third-order valence-electron chi connectivity index (χ3n) is 1.91. The highest BCUT2D eigenvalue weighted by Crippen LogP contribution is 2.30. The van der Waals surface area contributed by atoms with Crippen molar-refractivity contribution in [1.82, 2.24) is 0 Å². The summed E-state index contributed by atoms with van der Waals surface area (Å²) in [5.41, 5.74) is 5.15. The summed E-state index contributed by atoms with van der Waals surface area (Å²) in [5.74, 6) is -4.13. The zero-order chi connectivity index (χ0) is 11.6. The molecule has 0 amide bonds. The highest BCUT2D eigenvalue weighted by atomic mass is 79.9. The van der Waals surface area contributed by atoms with Gasteiger partial charge in [-0.25, -0.2) is 13.2 Å². The number of nitrogens with two attached hydrogens (primary N) is 1. The van der Waals surface area contributed by atoms with Gasteiger partial charge in [0.15, 0.2) is 0 Å². The fourth-order valence-electron chi connectivity index (χ4n) is 1.10. The molecule has 0 radical (unpaired) electrons. The number of halogens is 4. The molecule has 1 rings (SSSR count). The lowest BCUT2D eigenvalue weighted by Crippen LogP contribution is -2.36. The summed E-state index contributed by atoms with van der Waals surface area (Å²) in [6, 6.07) is 1.61. The van der Waals surface area contributed by atoms with Gasteiger partial charge < -0.3 is 10.8 Å². The Bertz CT molecular complexity index is 339. The molecule has 6 heteroatoms. The second-order valence-electron chi connectivity index (χ2n) is 3.10. The molecular formula is C9H9BrF3NO. The van der Waals surface area contributed by atoms with Crippen LogP contribution in [-0.4, -0.2) is 17.6 Å². The van der Waals surface area contributed by atoms with Crippen molar-refractivity contribution >= 4 is 15.9 Å². The van der Waals surface area contributed by atoms with Crippen LogP contribution in [0.1, 0.15) is 11.6 Å². The quantitative estimate of drug-likeness (QED) is 0.894. The predicted molar refractivity (Wildman–Crippen MR) is 53.1 cm³/mol. The first-order valence-electron chi connectivity index (χ1n) is 4.07. The van der Waals surface area contributed by atoms with E-state index in [1.807, 2.05) is 0 Å². The summed E-state index contributed by atoms with van der Waals surface area (Å²) in [6.45, 7) is -1.37. The van der Waals surface area contributed by atoms with Crippen LogP contribution < -0.4 is 5.73 Å². The molecule has 0 bridgehead atoms. The van der Waals surface area contributed by atoms with E-state index < -0.39 is 24.4 Å². The van der Waals surface area contributed by atoms with Crippen molar-refractivity contribution in [3.05, 3.63) is 34.1 Å². The maximum absolute atomic E-state index is 13.0. The van der Waals surface area contributed by atoms with Crippen LogP contribution in [0.15, 0.2) is 22.7 Å². The Labute approximate surface area is 93.0 Å². The molecule has 0 unspecified atom stereocenters. The van der Waals surface area contributed by atoms with Gasteiger partial charge in [0.05, 0.1) is 6.04 Å². The van der Waals surface area contributed by atoms with Crippen LogP contribution in [0.5, 0.6) is 0 Å². The lowest BCUT2D eigenvalue weighted by Gasteiger charge is -2.21. The van der Waals surface area contributed by atoms with Gasteiger partial charge in [-0.2, -0.15) is 0 Å². The normalized spacial score (nSPS) is 14.0. The van der Waals surface area contributed by atoms with E-state index in [1.54, 1.807) is 0 Å². The number of aliphatic hydroxyl groups is 1. The third-order valence-corrected chi connectivity index (χ3v) is 2.37. The fraction of sp³-hybridized carbons (Fsp3) is 0.333. The van der Waals surface area contributed by atoms with Crippen LogP contribution >= 0.6 is 15.9 Å². The van der Waals surface area contributed by atoms with Crippen LogP contribution in [0, 0.1) is 5.82 Å². The van der Waals surface area contributed by atoms with Crippen molar-refractivity contribution in [3.8, 4) is 0 Å². The fourth-order valence-corrected chi connectivity index (χ4v) is 1.58. The Morgan fingerprint density at radius 1 is 1.40 bits per heavy atom.